The lowest BCUT2D eigenvalue weighted by Crippen LogP contribution is -2.43. The van der Waals surface area contributed by atoms with E-state index in [-0.39, 0.29) is 0 Å². The molecule has 2 N–H and O–H groups in total. The van der Waals surface area contributed by atoms with E-state index in [0.29, 0.717) is 47.6 Å². The van der Waals surface area contributed by atoms with Crippen LogP contribution < -0.4 is 10.6 Å². The molecular formula is C29H46N2O2. The molecule has 4 nitrogen and oxygen atoms in total. The molecule has 6 aliphatic rings. The fourth-order valence-electron chi connectivity index (χ4n) is 9.30. The highest BCUT2D eigenvalue weighted by atomic mass is 16.2. The first kappa shape index (κ1) is 22.4. The second-order valence-electron chi connectivity index (χ2n) is 13.3. The molecule has 6 fully saturated rings. The highest BCUT2D eigenvalue weighted by Gasteiger charge is 2.44. The number of amides is 2. The molecule has 6 aliphatic carbocycles. The van der Waals surface area contributed by atoms with Crippen LogP contribution in [-0.2, 0) is 9.59 Å². The number of rotatable bonds is 6. The van der Waals surface area contributed by atoms with Crippen molar-refractivity contribution in [3.8, 4) is 0 Å². The van der Waals surface area contributed by atoms with Gasteiger partial charge < -0.3 is 10.6 Å². The van der Waals surface area contributed by atoms with E-state index < -0.39 is 0 Å². The van der Waals surface area contributed by atoms with Crippen LogP contribution >= 0.6 is 0 Å². The Morgan fingerprint density at radius 3 is 1.27 bits per heavy atom. The van der Waals surface area contributed by atoms with Gasteiger partial charge in [-0.1, -0.05) is 12.8 Å². The Morgan fingerprint density at radius 1 is 0.515 bits per heavy atom. The average Bonchev–Trinajstić information content (AvgIpc) is 3.63. The number of carbonyl (C=O) groups is 2. The predicted molar refractivity (Wildman–Crippen MR) is 130 cm³/mol. The first-order valence-electron chi connectivity index (χ1n) is 14.7. The molecule has 6 atom stereocenters. The van der Waals surface area contributed by atoms with Crippen LogP contribution in [0, 0.1) is 47.3 Å². The normalized spacial score (nSPS) is 46.4. The summed E-state index contributed by atoms with van der Waals surface area (Å²) in [5, 5.41) is 6.90. The van der Waals surface area contributed by atoms with Crippen molar-refractivity contribution in [2.24, 2.45) is 47.3 Å². The quantitative estimate of drug-likeness (QED) is 0.549. The van der Waals surface area contributed by atoms with E-state index >= 15 is 0 Å². The minimum absolute atomic E-state index is 0.334. The minimum Gasteiger partial charge on any atom is -0.353 e. The zero-order chi connectivity index (χ0) is 22.4. The van der Waals surface area contributed by atoms with Crippen LogP contribution in [0.4, 0.5) is 0 Å². The summed E-state index contributed by atoms with van der Waals surface area (Å²) >= 11 is 0. The Kier molecular flexibility index (Phi) is 6.47. The number of fused-ring (bicyclic) bond motifs is 4. The lowest BCUT2D eigenvalue weighted by atomic mass is 9.75. The number of hydrogen-bond acceptors (Lipinski definition) is 2. The molecule has 0 saturated heterocycles. The van der Waals surface area contributed by atoms with Gasteiger partial charge in [0.1, 0.15) is 0 Å². The Balaban J connectivity index is 0.875. The Labute approximate surface area is 200 Å². The Hall–Kier alpha value is -1.06. The van der Waals surface area contributed by atoms with Crippen molar-refractivity contribution in [2.45, 2.75) is 121 Å². The van der Waals surface area contributed by atoms with E-state index in [1.165, 1.54) is 96.3 Å². The fourth-order valence-corrected chi connectivity index (χ4v) is 9.30. The van der Waals surface area contributed by atoms with Crippen molar-refractivity contribution in [1.82, 2.24) is 10.6 Å². The molecule has 0 aliphatic heterocycles. The van der Waals surface area contributed by atoms with E-state index in [0.717, 1.165) is 36.5 Å². The first-order valence-corrected chi connectivity index (χ1v) is 14.7. The second kappa shape index (κ2) is 9.53. The first-order chi connectivity index (χ1) is 16.1. The van der Waals surface area contributed by atoms with Gasteiger partial charge in [-0.2, -0.15) is 0 Å². The van der Waals surface area contributed by atoms with E-state index in [2.05, 4.69) is 10.6 Å². The van der Waals surface area contributed by atoms with Gasteiger partial charge in [-0.25, -0.2) is 0 Å². The van der Waals surface area contributed by atoms with Crippen molar-refractivity contribution >= 4 is 11.8 Å². The Morgan fingerprint density at radius 2 is 0.939 bits per heavy atom. The summed E-state index contributed by atoms with van der Waals surface area (Å²) in [5.74, 6) is 6.23. The number of carbonyl (C=O) groups excluding carboxylic acids is 2. The summed E-state index contributed by atoms with van der Waals surface area (Å²) in [6.45, 7) is 0. The summed E-state index contributed by atoms with van der Waals surface area (Å²) in [7, 11) is 0. The third-order valence-electron chi connectivity index (χ3n) is 11.2. The maximum atomic E-state index is 12.8. The van der Waals surface area contributed by atoms with E-state index in [1.807, 2.05) is 0 Å². The summed E-state index contributed by atoms with van der Waals surface area (Å²) in [4.78, 5) is 25.6. The summed E-state index contributed by atoms with van der Waals surface area (Å²) in [6.07, 6.45) is 21.6. The molecule has 0 spiro atoms. The lowest BCUT2D eigenvalue weighted by molar-refractivity contribution is -0.128. The number of nitrogens with one attached hydrogen (secondary N) is 2. The van der Waals surface area contributed by atoms with E-state index in [9.17, 15) is 9.59 Å². The summed E-state index contributed by atoms with van der Waals surface area (Å²) < 4.78 is 0. The summed E-state index contributed by atoms with van der Waals surface area (Å²) in [6, 6.07) is 0.870. The molecule has 0 unspecified atom stereocenters. The Bertz CT molecular complexity index is 661. The zero-order valence-electron chi connectivity index (χ0n) is 20.6. The average molecular weight is 455 g/mol. The van der Waals surface area contributed by atoms with Crippen molar-refractivity contribution in [3.63, 3.8) is 0 Å². The minimum atomic E-state index is 0.334. The molecule has 0 aromatic rings. The monoisotopic (exact) mass is 454 g/mol. The summed E-state index contributed by atoms with van der Waals surface area (Å²) in [5.41, 5.74) is 0. The van der Waals surface area contributed by atoms with Gasteiger partial charge in [-0.3, -0.25) is 9.59 Å². The van der Waals surface area contributed by atoms with Crippen LogP contribution in [-0.4, -0.2) is 23.9 Å². The molecule has 6 rings (SSSR count). The predicted octanol–water partition coefficient (Wildman–Crippen LogP) is 5.60. The van der Waals surface area contributed by atoms with Gasteiger partial charge in [-0.05, 0) is 132 Å². The van der Waals surface area contributed by atoms with E-state index in [4.69, 9.17) is 0 Å². The van der Waals surface area contributed by atoms with Crippen molar-refractivity contribution in [3.05, 3.63) is 0 Å². The van der Waals surface area contributed by atoms with Crippen LogP contribution in [0.25, 0.3) is 0 Å². The van der Waals surface area contributed by atoms with Gasteiger partial charge in [0, 0.05) is 23.9 Å². The third-order valence-corrected chi connectivity index (χ3v) is 11.2. The van der Waals surface area contributed by atoms with Crippen LogP contribution in [0.2, 0.25) is 0 Å². The highest BCUT2D eigenvalue weighted by Crippen LogP contribution is 2.49. The van der Waals surface area contributed by atoms with Gasteiger partial charge in [0.25, 0.3) is 0 Å². The maximum absolute atomic E-state index is 12.8. The molecular weight excluding hydrogens is 408 g/mol. The van der Waals surface area contributed by atoms with Crippen LogP contribution in [0.3, 0.4) is 0 Å². The second-order valence-corrected chi connectivity index (χ2v) is 13.3. The molecule has 184 valence electrons. The van der Waals surface area contributed by atoms with E-state index in [1.54, 1.807) is 0 Å². The molecule has 4 bridgehead atoms. The largest absolute Gasteiger partial charge is 0.353 e. The molecule has 4 heteroatoms. The van der Waals surface area contributed by atoms with Gasteiger partial charge in [0.2, 0.25) is 11.8 Å². The maximum Gasteiger partial charge on any atom is 0.223 e. The molecule has 0 radical (unpaired) electrons. The molecule has 6 saturated carbocycles. The molecule has 0 aromatic carbocycles. The SMILES string of the molecule is O=C(NC1CCC(CC2CCC(NC(=O)[C@@H]3C[C@H]4CC[C@@H]3C4)CC2)CC1)[C@@H]1C[C@@H]2CC[C@@H]1C2. The zero-order valence-corrected chi connectivity index (χ0v) is 20.6. The van der Waals surface area contributed by atoms with Crippen LogP contribution in [0.15, 0.2) is 0 Å². The molecule has 33 heavy (non-hydrogen) atoms. The molecule has 0 aromatic heterocycles. The van der Waals surface area contributed by atoms with Gasteiger partial charge in [-0.15, -0.1) is 0 Å². The number of hydrogen-bond donors (Lipinski definition) is 2. The highest BCUT2D eigenvalue weighted by molar-refractivity contribution is 5.80. The topological polar surface area (TPSA) is 58.2 Å². The molecule has 2 amide bonds. The van der Waals surface area contributed by atoms with Crippen molar-refractivity contribution in [1.29, 1.82) is 0 Å². The standard InChI is InChI=1S/C29H46N2O2/c32-28(26-16-20-1-7-22(26)14-20)30-24-9-3-18(4-10-24)13-19-5-11-25(12-6-19)31-29(33)27-17-21-2-8-23(27)15-21/h18-27H,1-17H2,(H,30,32)(H,31,33)/t18?,19?,20-,21+,22-,23-,24?,25?,26-,27-/m1/s1. The van der Waals surface area contributed by atoms with Crippen molar-refractivity contribution < 1.29 is 9.59 Å². The van der Waals surface area contributed by atoms with Crippen LogP contribution in [0.5, 0.6) is 0 Å². The molecule has 0 heterocycles. The van der Waals surface area contributed by atoms with Crippen molar-refractivity contribution in [2.75, 3.05) is 0 Å². The smallest absolute Gasteiger partial charge is 0.223 e. The van der Waals surface area contributed by atoms with Gasteiger partial charge in [0.15, 0.2) is 0 Å². The van der Waals surface area contributed by atoms with Gasteiger partial charge in [0.05, 0.1) is 0 Å². The van der Waals surface area contributed by atoms with Gasteiger partial charge >= 0.3 is 0 Å². The third kappa shape index (κ3) is 4.87. The fraction of sp³-hybridized carbons (Fsp3) is 0.931. The van der Waals surface area contributed by atoms with Crippen LogP contribution in [0.1, 0.15) is 109 Å². The lowest BCUT2D eigenvalue weighted by Gasteiger charge is -2.35.